The van der Waals surface area contributed by atoms with Crippen molar-refractivity contribution in [1.82, 2.24) is 10.2 Å². The molecule has 0 saturated carbocycles. The highest BCUT2D eigenvalue weighted by Gasteiger charge is 2.19. The third-order valence-electron chi connectivity index (χ3n) is 4.68. The molecule has 0 bridgehead atoms. The van der Waals surface area contributed by atoms with Gasteiger partial charge in [-0.1, -0.05) is 55.1 Å². The number of nitrogens with zero attached hydrogens (tertiary/aromatic N) is 3. The Labute approximate surface area is 197 Å². The smallest absolute Gasteiger partial charge is 0.257 e. The molecule has 0 aliphatic rings. The molecule has 2 aromatic carbocycles. The molecule has 1 aromatic heterocycles. The molecule has 7 nitrogen and oxygen atoms in total. The lowest BCUT2D eigenvalue weighted by atomic mass is 10.1. The minimum atomic E-state index is -3.48. The first-order valence-electron chi connectivity index (χ1n) is 9.98. The van der Waals surface area contributed by atoms with Crippen LogP contribution in [-0.4, -0.2) is 36.0 Å². The topological polar surface area (TPSA) is 92.3 Å². The van der Waals surface area contributed by atoms with Crippen LogP contribution in [-0.2, 0) is 16.6 Å². The van der Waals surface area contributed by atoms with E-state index in [0.717, 1.165) is 21.0 Å². The van der Waals surface area contributed by atoms with Crippen LogP contribution in [0.4, 0.5) is 10.8 Å². The number of nitrogens with one attached hydrogen (secondary N) is 1. The summed E-state index contributed by atoms with van der Waals surface area (Å²) in [5.41, 5.74) is 3.97. The quantitative estimate of drug-likeness (QED) is 0.358. The van der Waals surface area contributed by atoms with Crippen LogP contribution in [0, 0.1) is 13.8 Å². The highest BCUT2D eigenvalue weighted by atomic mass is 32.2. The molecule has 1 N–H and O–H groups in total. The van der Waals surface area contributed by atoms with Crippen LogP contribution < -0.4 is 9.62 Å². The second-order valence-electron chi connectivity index (χ2n) is 7.73. The molecule has 0 unspecified atom stereocenters. The van der Waals surface area contributed by atoms with Gasteiger partial charge in [0.2, 0.25) is 15.2 Å². The summed E-state index contributed by atoms with van der Waals surface area (Å²) in [5.74, 6) is -0.289. The summed E-state index contributed by atoms with van der Waals surface area (Å²) in [6.45, 7) is 8.25. The second kappa shape index (κ2) is 10.0. The van der Waals surface area contributed by atoms with Crippen molar-refractivity contribution in [2.75, 3.05) is 15.9 Å². The number of amides is 1. The van der Waals surface area contributed by atoms with E-state index in [9.17, 15) is 13.2 Å². The Morgan fingerprint density at radius 2 is 1.78 bits per heavy atom. The van der Waals surface area contributed by atoms with Crippen LogP contribution in [0.15, 0.2) is 46.8 Å². The molecule has 0 atom stereocenters. The molecule has 0 fully saturated rings. The largest absolute Gasteiger partial charge is 0.296 e. The Balaban J connectivity index is 1.72. The Kier molecular flexibility index (Phi) is 7.58. The van der Waals surface area contributed by atoms with Gasteiger partial charge in [0, 0.05) is 10.8 Å². The molecule has 1 heterocycles. The molecule has 1 amide bonds. The van der Waals surface area contributed by atoms with Crippen molar-refractivity contribution in [3.05, 3.63) is 64.7 Å². The summed E-state index contributed by atoms with van der Waals surface area (Å²) < 4.78 is 27.0. The van der Waals surface area contributed by atoms with E-state index in [1.54, 1.807) is 42.1 Å². The molecular formula is C22H26N4O3S3. The molecule has 0 aliphatic carbocycles. The number of hydrogen-bond acceptors (Lipinski definition) is 7. The molecule has 170 valence electrons. The third kappa shape index (κ3) is 6.30. The van der Waals surface area contributed by atoms with Crippen LogP contribution >= 0.6 is 23.1 Å². The molecular weight excluding hydrogens is 464 g/mol. The van der Waals surface area contributed by atoms with Crippen molar-refractivity contribution in [3.8, 4) is 0 Å². The standard InChI is InChI=1S/C22H26N4O3S3/c1-14(2)30-22-25-24-21(31-22)23-20(27)18-9-7-17(8-10-18)13-26(32(5,28)29)19-11-6-15(3)16(4)12-19/h6-12,14H,13H2,1-5H3,(H,23,24,27). The minimum absolute atomic E-state index is 0.176. The zero-order valence-electron chi connectivity index (χ0n) is 18.6. The fourth-order valence-corrected chi connectivity index (χ4v) is 5.74. The molecule has 3 aromatic rings. The molecule has 0 radical (unpaired) electrons. The fraction of sp³-hybridized carbons (Fsp3) is 0.318. The number of aromatic nitrogens is 2. The van der Waals surface area contributed by atoms with Gasteiger partial charge in [-0.2, -0.15) is 0 Å². The van der Waals surface area contributed by atoms with E-state index < -0.39 is 10.0 Å². The summed E-state index contributed by atoms with van der Waals surface area (Å²) in [7, 11) is -3.48. The number of benzene rings is 2. The van der Waals surface area contributed by atoms with Gasteiger partial charge >= 0.3 is 0 Å². The van der Waals surface area contributed by atoms with E-state index in [4.69, 9.17) is 0 Å². The van der Waals surface area contributed by atoms with E-state index in [1.165, 1.54) is 21.9 Å². The number of thioether (sulfide) groups is 1. The first-order valence-corrected chi connectivity index (χ1v) is 13.5. The number of hydrogen-bond donors (Lipinski definition) is 1. The van der Waals surface area contributed by atoms with E-state index in [0.29, 0.717) is 21.6 Å². The summed E-state index contributed by atoms with van der Waals surface area (Å²) in [6.07, 6.45) is 1.19. The van der Waals surface area contributed by atoms with Gasteiger partial charge in [-0.25, -0.2) is 8.42 Å². The van der Waals surface area contributed by atoms with Crippen molar-refractivity contribution in [3.63, 3.8) is 0 Å². The SMILES string of the molecule is Cc1ccc(N(Cc2ccc(C(=O)Nc3nnc(SC(C)C)s3)cc2)S(C)(=O)=O)cc1C. The van der Waals surface area contributed by atoms with Crippen LogP contribution in [0.1, 0.15) is 40.9 Å². The first kappa shape index (κ1) is 24.2. The van der Waals surface area contributed by atoms with E-state index in [2.05, 4.69) is 29.4 Å². The van der Waals surface area contributed by atoms with Gasteiger partial charge in [-0.3, -0.25) is 14.4 Å². The van der Waals surface area contributed by atoms with E-state index in [1.807, 2.05) is 26.0 Å². The monoisotopic (exact) mass is 490 g/mol. The average Bonchev–Trinajstić information content (AvgIpc) is 3.14. The van der Waals surface area contributed by atoms with Crippen molar-refractivity contribution in [1.29, 1.82) is 0 Å². The summed E-state index contributed by atoms with van der Waals surface area (Å²) in [6, 6.07) is 12.5. The first-order chi connectivity index (χ1) is 15.0. The molecule has 3 rings (SSSR count). The zero-order valence-corrected chi connectivity index (χ0v) is 21.1. The van der Waals surface area contributed by atoms with Crippen LogP contribution in [0.2, 0.25) is 0 Å². The number of aryl methyl sites for hydroxylation is 2. The van der Waals surface area contributed by atoms with E-state index >= 15 is 0 Å². The predicted octanol–water partition coefficient (Wildman–Crippen LogP) is 4.87. The van der Waals surface area contributed by atoms with Gasteiger partial charge in [0.05, 0.1) is 18.5 Å². The maximum absolute atomic E-state index is 12.5. The van der Waals surface area contributed by atoms with Crippen molar-refractivity contribution < 1.29 is 13.2 Å². The fourth-order valence-electron chi connectivity index (χ4n) is 2.89. The van der Waals surface area contributed by atoms with Crippen LogP contribution in [0.3, 0.4) is 0 Å². The maximum atomic E-state index is 12.5. The summed E-state index contributed by atoms with van der Waals surface area (Å²) in [4.78, 5) is 12.5. The zero-order chi connectivity index (χ0) is 23.5. The van der Waals surface area contributed by atoms with Crippen LogP contribution in [0.5, 0.6) is 0 Å². The summed E-state index contributed by atoms with van der Waals surface area (Å²) in [5, 5.41) is 11.7. The Morgan fingerprint density at radius 1 is 1.09 bits per heavy atom. The highest BCUT2D eigenvalue weighted by Crippen LogP contribution is 2.29. The summed E-state index contributed by atoms with van der Waals surface area (Å²) >= 11 is 2.92. The maximum Gasteiger partial charge on any atom is 0.257 e. The number of sulfonamides is 1. The van der Waals surface area contributed by atoms with Gasteiger partial charge in [0.25, 0.3) is 5.91 Å². The highest BCUT2D eigenvalue weighted by molar-refractivity contribution is 8.01. The minimum Gasteiger partial charge on any atom is -0.296 e. The number of rotatable bonds is 8. The normalized spacial score (nSPS) is 11.6. The molecule has 10 heteroatoms. The van der Waals surface area contributed by atoms with Gasteiger partial charge in [0.1, 0.15) is 0 Å². The Morgan fingerprint density at radius 3 is 2.38 bits per heavy atom. The third-order valence-corrected chi connectivity index (χ3v) is 7.75. The van der Waals surface area contributed by atoms with Gasteiger partial charge in [-0.15, -0.1) is 10.2 Å². The van der Waals surface area contributed by atoms with Crippen molar-refractivity contribution in [2.45, 2.75) is 43.8 Å². The van der Waals surface area contributed by atoms with Gasteiger partial charge in [0.15, 0.2) is 4.34 Å². The van der Waals surface area contributed by atoms with Gasteiger partial charge < -0.3 is 0 Å². The lowest BCUT2D eigenvalue weighted by Crippen LogP contribution is -2.29. The predicted molar refractivity (Wildman–Crippen MR) is 132 cm³/mol. The Bertz CT molecular complexity index is 1210. The molecule has 32 heavy (non-hydrogen) atoms. The number of anilines is 2. The molecule has 0 saturated heterocycles. The van der Waals surface area contributed by atoms with E-state index in [-0.39, 0.29) is 12.5 Å². The number of carbonyl (C=O) groups excluding carboxylic acids is 1. The van der Waals surface area contributed by atoms with Crippen molar-refractivity contribution >= 4 is 49.8 Å². The van der Waals surface area contributed by atoms with Crippen LogP contribution in [0.25, 0.3) is 0 Å². The van der Waals surface area contributed by atoms with Crippen molar-refractivity contribution in [2.24, 2.45) is 0 Å². The van der Waals surface area contributed by atoms with Gasteiger partial charge in [-0.05, 0) is 54.8 Å². The lowest BCUT2D eigenvalue weighted by molar-refractivity contribution is 0.102. The average molecular weight is 491 g/mol. The second-order valence-corrected chi connectivity index (χ2v) is 12.4. The molecule has 0 aliphatic heterocycles. The lowest BCUT2D eigenvalue weighted by Gasteiger charge is -2.23. The Hall–Kier alpha value is -2.43. The molecule has 0 spiro atoms. The number of carbonyl (C=O) groups is 1.